The topological polar surface area (TPSA) is 105 Å². The molecule has 0 atom stereocenters. The van der Waals surface area contributed by atoms with E-state index in [9.17, 15) is 0 Å². The van der Waals surface area contributed by atoms with Crippen LogP contribution >= 0.6 is 11.3 Å². The number of guanidine groups is 1. The van der Waals surface area contributed by atoms with Crippen molar-refractivity contribution in [3.8, 4) is 23.1 Å². The average Bonchev–Trinajstić information content (AvgIpc) is 3.71. The van der Waals surface area contributed by atoms with Crippen LogP contribution in [0.1, 0.15) is 16.9 Å². The fourth-order valence-corrected chi connectivity index (χ4v) is 6.47. The molecule has 0 bridgehead atoms. The molecule has 44 heavy (non-hydrogen) atoms. The Labute approximate surface area is 262 Å². The quantitative estimate of drug-likeness (QED) is 0.0852. The Morgan fingerprint density at radius 2 is 1.91 bits per heavy atom. The number of nitrogens with zero attached hydrogens (tertiary/aromatic N) is 7. The molecule has 1 fully saturated rings. The molecule has 2 N–H and O–H groups in total. The molecule has 2 aliphatic heterocycles. The Balaban J connectivity index is 1.09. The molecule has 2 aromatic heterocycles. The summed E-state index contributed by atoms with van der Waals surface area (Å²) in [7, 11) is 2.19. The minimum atomic E-state index is 0.381. The van der Waals surface area contributed by atoms with Gasteiger partial charge in [0.25, 0.3) is 0 Å². The van der Waals surface area contributed by atoms with Crippen LogP contribution in [-0.2, 0) is 13.0 Å². The highest BCUT2D eigenvalue weighted by Crippen LogP contribution is 2.41. The van der Waals surface area contributed by atoms with Gasteiger partial charge in [0.1, 0.15) is 5.75 Å². The lowest BCUT2D eigenvalue weighted by Crippen LogP contribution is -2.44. The van der Waals surface area contributed by atoms with Gasteiger partial charge in [0.2, 0.25) is 5.96 Å². The number of nitrogens with one attached hydrogen (secondary N) is 2. The number of hydrogen-bond acceptors (Lipinski definition) is 9. The Hall–Kier alpha value is -4.50. The summed E-state index contributed by atoms with van der Waals surface area (Å²) in [6, 6.07) is 18.6. The zero-order valence-corrected chi connectivity index (χ0v) is 25.8. The summed E-state index contributed by atoms with van der Waals surface area (Å²) in [4.78, 5) is 21.5. The van der Waals surface area contributed by atoms with E-state index in [1.165, 1.54) is 22.4 Å². The van der Waals surface area contributed by atoms with Crippen molar-refractivity contribution in [2.75, 3.05) is 63.1 Å². The molecule has 11 heteroatoms. The highest BCUT2D eigenvalue weighted by molar-refractivity contribution is 7.15. The van der Waals surface area contributed by atoms with E-state index in [0.717, 1.165) is 80.2 Å². The number of hydrogen-bond donors (Lipinski definition) is 2. The summed E-state index contributed by atoms with van der Waals surface area (Å²) in [6.45, 7) is 7.66. The summed E-state index contributed by atoms with van der Waals surface area (Å²) < 4.78 is 6.19. The molecular weight excluding hydrogens is 570 g/mol. The van der Waals surface area contributed by atoms with Crippen molar-refractivity contribution in [3.63, 3.8) is 0 Å². The first-order valence-corrected chi connectivity index (χ1v) is 15.8. The van der Waals surface area contributed by atoms with Crippen LogP contribution in [0.5, 0.6) is 5.75 Å². The van der Waals surface area contributed by atoms with Gasteiger partial charge >= 0.3 is 0 Å². The first kappa shape index (κ1) is 29.6. The number of anilines is 3. The monoisotopic (exact) mass is 607 g/mol. The molecule has 2 aliphatic rings. The summed E-state index contributed by atoms with van der Waals surface area (Å²) in [5.41, 5.74) is 5.74. The van der Waals surface area contributed by atoms with Crippen molar-refractivity contribution < 1.29 is 4.74 Å². The number of rotatable bonds is 10. The SMILES string of the molecule is CN1CCN(CCCOc2cccc(-c3cccc4c3CCN4c3ncc(CN=C(NC#N)Nc4ccncc4)s3)c2)CC1. The van der Waals surface area contributed by atoms with Gasteiger partial charge in [-0.15, -0.1) is 0 Å². The molecule has 0 amide bonds. The second-order valence-corrected chi connectivity index (χ2v) is 12.0. The Bertz CT molecular complexity index is 1610. The average molecular weight is 608 g/mol. The normalized spacial score (nSPS) is 15.5. The first-order valence-electron chi connectivity index (χ1n) is 15.0. The smallest absolute Gasteiger partial charge is 0.209 e. The van der Waals surface area contributed by atoms with Crippen molar-refractivity contribution in [2.45, 2.75) is 19.4 Å². The van der Waals surface area contributed by atoms with Gasteiger partial charge in [-0.3, -0.25) is 10.3 Å². The van der Waals surface area contributed by atoms with E-state index in [1.54, 1.807) is 23.7 Å². The third-order valence-corrected chi connectivity index (χ3v) is 8.94. The summed E-state index contributed by atoms with van der Waals surface area (Å²) in [5.74, 6) is 1.30. The predicted octanol–water partition coefficient (Wildman–Crippen LogP) is 4.95. The number of likely N-dealkylation sites (N-methyl/N-ethyl adjacent to an activating group) is 1. The second-order valence-electron chi connectivity index (χ2n) is 11.0. The molecular formula is C33H37N9OS. The van der Waals surface area contributed by atoms with Gasteiger partial charge in [0.15, 0.2) is 11.3 Å². The lowest BCUT2D eigenvalue weighted by atomic mass is 9.98. The molecule has 4 aromatic rings. The van der Waals surface area contributed by atoms with Crippen molar-refractivity contribution >= 4 is 33.8 Å². The highest BCUT2D eigenvalue weighted by atomic mass is 32.1. The van der Waals surface area contributed by atoms with Crippen LogP contribution in [0.3, 0.4) is 0 Å². The van der Waals surface area contributed by atoms with Gasteiger partial charge in [0.05, 0.1) is 13.2 Å². The lowest BCUT2D eigenvalue weighted by molar-refractivity contribution is 0.145. The summed E-state index contributed by atoms with van der Waals surface area (Å²) in [6.07, 6.45) is 9.15. The molecule has 0 aliphatic carbocycles. The van der Waals surface area contributed by atoms with E-state index >= 15 is 0 Å². The maximum absolute atomic E-state index is 9.15. The Kier molecular flexibility index (Phi) is 9.62. The zero-order valence-electron chi connectivity index (χ0n) is 24.9. The molecule has 6 rings (SSSR count). The molecule has 1 saturated heterocycles. The lowest BCUT2D eigenvalue weighted by Gasteiger charge is -2.32. The number of nitriles is 1. The Morgan fingerprint density at radius 1 is 1.07 bits per heavy atom. The molecule has 0 saturated carbocycles. The van der Waals surface area contributed by atoms with Crippen LogP contribution in [0.4, 0.5) is 16.5 Å². The Morgan fingerprint density at radius 3 is 2.75 bits per heavy atom. The van der Waals surface area contributed by atoms with Gasteiger partial charge in [-0.1, -0.05) is 35.6 Å². The number of piperazine rings is 1. The van der Waals surface area contributed by atoms with E-state index in [0.29, 0.717) is 12.5 Å². The zero-order chi connectivity index (χ0) is 30.1. The van der Waals surface area contributed by atoms with Crippen LogP contribution < -0.4 is 20.3 Å². The molecule has 2 aromatic carbocycles. The molecule has 226 valence electrons. The van der Waals surface area contributed by atoms with Gasteiger partial charge in [-0.05, 0) is 66.9 Å². The number of thiazole rings is 1. The second kappa shape index (κ2) is 14.3. The number of benzene rings is 2. The standard InChI is InChI=1S/C33H37N9OS/c1-40-16-18-41(19-17-40)14-4-20-43-27-6-2-5-25(21-27)29-7-3-8-31-30(29)11-15-42(31)33-37-23-28(44-33)22-36-32(38-24-34)39-26-9-12-35-13-10-26/h2-3,5-10,12-13,21,23H,4,11,14-20,22H2,1H3,(H2,35,36,38,39). The number of aliphatic imine (C=N–C) groups is 1. The highest BCUT2D eigenvalue weighted by Gasteiger charge is 2.25. The first-order chi connectivity index (χ1) is 21.7. The number of aromatic nitrogens is 2. The van der Waals surface area contributed by atoms with Crippen LogP contribution in [0.2, 0.25) is 0 Å². The minimum Gasteiger partial charge on any atom is -0.494 e. The van der Waals surface area contributed by atoms with Gasteiger partial charge < -0.3 is 24.8 Å². The van der Waals surface area contributed by atoms with E-state index in [-0.39, 0.29) is 0 Å². The fraction of sp³-hybridized carbons (Fsp3) is 0.333. The van der Waals surface area contributed by atoms with E-state index in [4.69, 9.17) is 15.0 Å². The molecule has 4 heterocycles. The van der Waals surface area contributed by atoms with Gasteiger partial charge in [-0.2, -0.15) is 5.26 Å². The third kappa shape index (κ3) is 7.34. The molecule has 0 radical (unpaired) electrons. The van der Waals surface area contributed by atoms with Crippen molar-refractivity contribution in [3.05, 3.63) is 83.6 Å². The van der Waals surface area contributed by atoms with Crippen LogP contribution in [0.25, 0.3) is 11.1 Å². The predicted molar refractivity (Wildman–Crippen MR) is 176 cm³/mol. The van der Waals surface area contributed by atoms with Crippen LogP contribution in [0, 0.1) is 11.5 Å². The largest absolute Gasteiger partial charge is 0.494 e. The molecule has 0 unspecified atom stereocenters. The number of fused-ring (bicyclic) bond motifs is 1. The van der Waals surface area contributed by atoms with Gasteiger partial charge in [0, 0.05) is 74.1 Å². The summed E-state index contributed by atoms with van der Waals surface area (Å²) in [5, 5.41) is 15.8. The maximum atomic E-state index is 9.15. The van der Waals surface area contributed by atoms with Crippen molar-refractivity contribution in [1.82, 2.24) is 25.1 Å². The minimum absolute atomic E-state index is 0.381. The van der Waals surface area contributed by atoms with Crippen LogP contribution in [0.15, 0.2) is 78.2 Å². The number of pyridine rings is 1. The van der Waals surface area contributed by atoms with E-state index < -0.39 is 0 Å². The van der Waals surface area contributed by atoms with E-state index in [1.807, 2.05) is 24.5 Å². The molecule has 0 spiro atoms. The number of ether oxygens (including phenoxy) is 1. The van der Waals surface area contributed by atoms with Crippen LogP contribution in [-0.4, -0.2) is 78.7 Å². The third-order valence-electron chi connectivity index (χ3n) is 7.94. The van der Waals surface area contributed by atoms with Crippen molar-refractivity contribution in [1.29, 1.82) is 5.26 Å². The maximum Gasteiger partial charge on any atom is 0.209 e. The molecule has 10 nitrogen and oxygen atoms in total. The summed E-state index contributed by atoms with van der Waals surface area (Å²) >= 11 is 1.62. The van der Waals surface area contributed by atoms with E-state index in [2.05, 4.69) is 84.8 Å². The van der Waals surface area contributed by atoms with Crippen molar-refractivity contribution in [2.24, 2.45) is 4.99 Å². The van der Waals surface area contributed by atoms with Gasteiger partial charge in [-0.25, -0.2) is 9.98 Å². The fourth-order valence-electron chi connectivity index (χ4n) is 5.59.